The van der Waals surface area contributed by atoms with Crippen LogP contribution in [0.3, 0.4) is 0 Å². The average molecular weight is 281 g/mol. The molecule has 0 aromatic heterocycles. The first-order valence-corrected chi connectivity index (χ1v) is 6.65. The van der Waals surface area contributed by atoms with Gasteiger partial charge in [0, 0.05) is 12.4 Å². The number of carbonyl (C=O) groups is 1. The van der Waals surface area contributed by atoms with E-state index in [0.29, 0.717) is 5.57 Å². The molecule has 0 unspecified atom stereocenters. The second-order valence-electron chi connectivity index (χ2n) is 4.24. The molecule has 0 aliphatic rings. The number of esters is 1. The molecule has 1 aromatic rings. The van der Waals surface area contributed by atoms with Gasteiger partial charge in [-0.1, -0.05) is 43.0 Å². The van der Waals surface area contributed by atoms with Gasteiger partial charge in [0.25, 0.3) is 0 Å². The molecule has 0 atom stereocenters. The van der Waals surface area contributed by atoms with Gasteiger partial charge < -0.3 is 4.74 Å². The van der Waals surface area contributed by atoms with Crippen LogP contribution in [0, 0.1) is 0 Å². The van der Waals surface area contributed by atoms with Gasteiger partial charge in [-0.3, -0.25) is 9.79 Å². The highest BCUT2D eigenvalue weighted by Crippen LogP contribution is 2.05. The normalized spacial score (nSPS) is 10.3. The third kappa shape index (κ3) is 8.19. The highest BCUT2D eigenvalue weighted by atomic mass is 16.5. The Labute approximate surface area is 125 Å². The number of hydrogen-bond donors (Lipinski definition) is 0. The number of ether oxygens (including phenoxy) is 1. The van der Waals surface area contributed by atoms with Crippen LogP contribution in [-0.4, -0.2) is 12.2 Å². The Morgan fingerprint density at radius 2 is 2.14 bits per heavy atom. The van der Waals surface area contributed by atoms with Crippen molar-refractivity contribution in [3.05, 3.63) is 78.2 Å². The smallest absolute Gasteiger partial charge is 0.310 e. The first-order valence-electron chi connectivity index (χ1n) is 6.65. The minimum absolute atomic E-state index is 0.152. The van der Waals surface area contributed by atoms with Crippen molar-refractivity contribution in [1.82, 2.24) is 0 Å². The molecule has 0 amide bonds. The van der Waals surface area contributed by atoms with Crippen molar-refractivity contribution in [2.75, 3.05) is 0 Å². The molecule has 0 N–H and O–H groups in total. The van der Waals surface area contributed by atoms with Crippen molar-refractivity contribution in [3.8, 4) is 0 Å². The molecule has 0 fully saturated rings. The van der Waals surface area contributed by atoms with Gasteiger partial charge in [0.1, 0.15) is 6.61 Å². The van der Waals surface area contributed by atoms with E-state index < -0.39 is 0 Å². The fourth-order valence-electron chi connectivity index (χ4n) is 1.41. The molecule has 0 heterocycles. The minimum atomic E-state index is -0.301. The Balaban J connectivity index is 2.34. The maximum absolute atomic E-state index is 11.6. The van der Waals surface area contributed by atoms with E-state index in [1.807, 2.05) is 43.3 Å². The summed E-state index contributed by atoms with van der Waals surface area (Å²) in [4.78, 5) is 15.6. The van der Waals surface area contributed by atoms with Crippen LogP contribution in [0.2, 0.25) is 0 Å². The first kappa shape index (κ1) is 16.4. The molecule has 0 radical (unpaired) electrons. The summed E-state index contributed by atoms with van der Waals surface area (Å²) in [6.07, 6.45) is 8.56. The molecule has 1 rings (SSSR count). The predicted molar refractivity (Wildman–Crippen MR) is 86.0 cm³/mol. The monoisotopic (exact) mass is 281 g/mol. The van der Waals surface area contributed by atoms with Crippen molar-refractivity contribution >= 4 is 12.2 Å². The standard InChI is InChI=1S/C18H19NO2/c1-3-12-19-13-8-7-9-16(2)14-18(20)21-15-17-10-5-4-6-11-17/h3-6,8-13H,2,14-15H2,1H3/b12-3-,19-13?. The zero-order valence-electron chi connectivity index (χ0n) is 12.2. The lowest BCUT2D eigenvalue weighted by Gasteiger charge is -2.04. The molecule has 0 spiro atoms. The van der Waals surface area contributed by atoms with Gasteiger partial charge in [-0.05, 0) is 30.2 Å². The molecule has 1 aromatic carbocycles. The SMILES string of the molecule is C=C(C=C=CC=N/C=C\C)CC(=O)OCc1ccccc1. The minimum Gasteiger partial charge on any atom is -0.461 e. The lowest BCUT2D eigenvalue weighted by Crippen LogP contribution is -2.04. The molecule has 0 aliphatic carbocycles. The van der Waals surface area contributed by atoms with Gasteiger partial charge in [0.15, 0.2) is 0 Å². The third-order valence-electron chi connectivity index (χ3n) is 2.39. The van der Waals surface area contributed by atoms with Crippen molar-refractivity contribution in [1.29, 1.82) is 0 Å². The first-order chi connectivity index (χ1) is 10.2. The highest BCUT2D eigenvalue weighted by Gasteiger charge is 2.03. The van der Waals surface area contributed by atoms with Crippen molar-refractivity contribution in [3.63, 3.8) is 0 Å². The van der Waals surface area contributed by atoms with Gasteiger partial charge in [0.2, 0.25) is 0 Å². The third-order valence-corrected chi connectivity index (χ3v) is 2.39. The van der Waals surface area contributed by atoms with Gasteiger partial charge in [-0.2, -0.15) is 0 Å². The maximum atomic E-state index is 11.6. The molecule has 3 nitrogen and oxygen atoms in total. The number of carbonyl (C=O) groups excluding carboxylic acids is 1. The van der Waals surface area contributed by atoms with Gasteiger partial charge in [0.05, 0.1) is 6.42 Å². The molecular formula is C18H19NO2. The number of hydrogen-bond acceptors (Lipinski definition) is 3. The molecule has 0 bridgehead atoms. The lowest BCUT2D eigenvalue weighted by atomic mass is 10.2. The molecule has 0 aliphatic heterocycles. The lowest BCUT2D eigenvalue weighted by molar-refractivity contribution is -0.144. The Morgan fingerprint density at radius 3 is 2.86 bits per heavy atom. The van der Waals surface area contributed by atoms with Crippen LogP contribution in [0.4, 0.5) is 0 Å². The predicted octanol–water partition coefficient (Wildman–Crippen LogP) is 3.99. The largest absolute Gasteiger partial charge is 0.461 e. The molecule has 108 valence electrons. The van der Waals surface area contributed by atoms with E-state index in [0.717, 1.165) is 5.56 Å². The summed E-state index contributed by atoms with van der Waals surface area (Å²) in [5.41, 5.74) is 4.49. The summed E-state index contributed by atoms with van der Waals surface area (Å²) < 4.78 is 5.16. The topological polar surface area (TPSA) is 38.7 Å². The van der Waals surface area contributed by atoms with Crippen LogP contribution in [0.5, 0.6) is 0 Å². The van der Waals surface area contributed by atoms with E-state index in [2.05, 4.69) is 17.3 Å². The van der Waals surface area contributed by atoms with Gasteiger partial charge >= 0.3 is 5.97 Å². The number of rotatable bonds is 7. The average Bonchev–Trinajstić information content (AvgIpc) is 2.50. The van der Waals surface area contributed by atoms with Crippen LogP contribution in [0.1, 0.15) is 18.9 Å². The molecule has 0 saturated heterocycles. The fourth-order valence-corrected chi connectivity index (χ4v) is 1.41. The van der Waals surface area contributed by atoms with Crippen molar-refractivity contribution in [2.24, 2.45) is 4.99 Å². The summed E-state index contributed by atoms with van der Waals surface area (Å²) >= 11 is 0. The highest BCUT2D eigenvalue weighted by molar-refractivity contribution is 5.73. The molecular weight excluding hydrogens is 262 g/mol. The Kier molecular flexibility index (Phi) is 7.96. The second kappa shape index (κ2) is 10.2. The Bertz CT molecular complexity index is 576. The van der Waals surface area contributed by atoms with Crippen LogP contribution < -0.4 is 0 Å². The summed E-state index contributed by atoms with van der Waals surface area (Å²) in [7, 11) is 0. The van der Waals surface area contributed by atoms with Gasteiger partial charge in [-0.25, -0.2) is 0 Å². The Morgan fingerprint density at radius 1 is 1.38 bits per heavy atom. The van der Waals surface area contributed by atoms with Crippen LogP contribution in [0.15, 0.2) is 77.6 Å². The summed E-state index contributed by atoms with van der Waals surface area (Å²) in [6, 6.07) is 9.56. The maximum Gasteiger partial charge on any atom is 0.310 e. The molecule has 21 heavy (non-hydrogen) atoms. The van der Waals surface area contributed by atoms with Crippen LogP contribution in [-0.2, 0) is 16.1 Å². The second-order valence-corrected chi connectivity index (χ2v) is 4.24. The Hall–Kier alpha value is -2.64. The quantitative estimate of drug-likeness (QED) is 0.328. The van der Waals surface area contributed by atoms with E-state index in [4.69, 9.17) is 4.74 Å². The zero-order valence-corrected chi connectivity index (χ0v) is 12.2. The summed E-state index contributed by atoms with van der Waals surface area (Å²) in [6.45, 7) is 5.96. The zero-order chi connectivity index (χ0) is 15.3. The van der Waals surface area contributed by atoms with Crippen molar-refractivity contribution in [2.45, 2.75) is 20.0 Å². The summed E-state index contributed by atoms with van der Waals surface area (Å²) in [5.74, 6) is -0.301. The fraction of sp³-hybridized carbons (Fsp3) is 0.167. The van der Waals surface area contributed by atoms with Gasteiger partial charge in [-0.15, -0.1) is 5.73 Å². The van der Waals surface area contributed by atoms with Crippen molar-refractivity contribution < 1.29 is 9.53 Å². The number of nitrogens with zero attached hydrogens (tertiary/aromatic N) is 1. The molecule has 0 saturated carbocycles. The van der Waals surface area contributed by atoms with E-state index >= 15 is 0 Å². The number of benzene rings is 1. The van der Waals surface area contributed by atoms with Crippen LogP contribution in [0.25, 0.3) is 0 Å². The van der Waals surface area contributed by atoms with E-state index in [1.54, 1.807) is 24.6 Å². The summed E-state index contributed by atoms with van der Waals surface area (Å²) in [5, 5.41) is 0. The van der Waals surface area contributed by atoms with Crippen LogP contribution >= 0.6 is 0 Å². The van der Waals surface area contributed by atoms with E-state index in [-0.39, 0.29) is 19.0 Å². The van der Waals surface area contributed by atoms with E-state index in [1.165, 1.54) is 0 Å². The molecule has 3 heteroatoms. The number of aliphatic imine (C=N–C) groups is 1. The van der Waals surface area contributed by atoms with E-state index in [9.17, 15) is 4.79 Å². The number of allylic oxidation sites excluding steroid dienone is 2.